The van der Waals surface area contributed by atoms with Gasteiger partial charge in [0.25, 0.3) is 0 Å². The van der Waals surface area contributed by atoms with Crippen molar-refractivity contribution in [2.24, 2.45) is 0 Å². The van der Waals surface area contributed by atoms with Crippen molar-refractivity contribution in [2.45, 2.75) is 39.0 Å². The number of ether oxygens (including phenoxy) is 2. The predicted molar refractivity (Wildman–Crippen MR) is 115 cm³/mol. The number of aromatic nitrogens is 1. The fraction of sp³-hybridized carbons (Fsp3) is 0.304. The molecule has 1 N–H and O–H groups in total. The summed E-state index contributed by atoms with van der Waals surface area (Å²) < 4.78 is 49.6. The number of rotatable bonds is 9. The summed E-state index contributed by atoms with van der Waals surface area (Å²) in [5.74, 6) is 0.232. The van der Waals surface area contributed by atoms with Crippen LogP contribution in [0.3, 0.4) is 0 Å². The molecule has 0 aliphatic rings. The van der Waals surface area contributed by atoms with E-state index in [1.807, 2.05) is 6.92 Å². The van der Waals surface area contributed by atoms with E-state index in [1.54, 1.807) is 18.2 Å². The number of aliphatic carboxylic acids is 1. The summed E-state index contributed by atoms with van der Waals surface area (Å²) >= 11 is 1.38. The van der Waals surface area contributed by atoms with E-state index >= 15 is 0 Å². The molecule has 0 aliphatic heterocycles. The highest BCUT2D eigenvalue weighted by atomic mass is 32.1. The van der Waals surface area contributed by atoms with Gasteiger partial charge in [0.1, 0.15) is 23.1 Å². The van der Waals surface area contributed by atoms with Crippen molar-refractivity contribution in [3.05, 3.63) is 64.2 Å². The Balaban J connectivity index is 1.74. The summed E-state index contributed by atoms with van der Waals surface area (Å²) in [5.41, 5.74) is 1.53. The maximum atomic E-state index is 12.8. The standard InChI is InChI=1S/C23H22F3NO4S/c1-3-18-20(32-22(27-18)15-4-8-16(9-5-15)23(24,25)26)13-31-17-10-6-14(7-11-21(28)29)19(12-17)30-2/h4-6,8-10,12H,3,7,11,13H2,1-2H3,(H,28,29). The molecule has 170 valence electrons. The second-order valence-corrected chi connectivity index (χ2v) is 8.06. The van der Waals surface area contributed by atoms with Gasteiger partial charge in [-0.15, -0.1) is 11.3 Å². The first-order valence-electron chi connectivity index (χ1n) is 9.89. The van der Waals surface area contributed by atoms with Crippen molar-refractivity contribution < 1.29 is 32.5 Å². The Kier molecular flexibility index (Phi) is 7.40. The van der Waals surface area contributed by atoms with Gasteiger partial charge in [0.15, 0.2) is 0 Å². The highest BCUT2D eigenvalue weighted by Crippen LogP contribution is 2.34. The molecule has 0 radical (unpaired) electrons. The minimum atomic E-state index is -4.38. The third kappa shape index (κ3) is 5.79. The second kappa shape index (κ2) is 10.0. The number of thiazole rings is 1. The van der Waals surface area contributed by atoms with Crippen molar-refractivity contribution in [1.82, 2.24) is 4.98 Å². The van der Waals surface area contributed by atoms with E-state index in [-0.39, 0.29) is 13.0 Å². The van der Waals surface area contributed by atoms with Crippen LogP contribution in [0.1, 0.15) is 35.0 Å². The highest BCUT2D eigenvalue weighted by molar-refractivity contribution is 7.15. The molecule has 32 heavy (non-hydrogen) atoms. The van der Waals surface area contributed by atoms with Gasteiger partial charge in [-0.3, -0.25) is 4.79 Å². The number of carboxylic acids is 1. The van der Waals surface area contributed by atoms with Crippen LogP contribution in [0.25, 0.3) is 10.6 Å². The van der Waals surface area contributed by atoms with Crippen LogP contribution in [0.2, 0.25) is 0 Å². The lowest BCUT2D eigenvalue weighted by Crippen LogP contribution is -2.03. The molecule has 2 aromatic carbocycles. The van der Waals surface area contributed by atoms with Crippen LogP contribution in [0.15, 0.2) is 42.5 Å². The molecule has 0 fully saturated rings. The zero-order chi connectivity index (χ0) is 23.3. The number of methoxy groups -OCH3 is 1. The molecule has 0 spiro atoms. The number of nitrogens with zero attached hydrogens (tertiary/aromatic N) is 1. The van der Waals surface area contributed by atoms with Crippen molar-refractivity contribution in [2.75, 3.05) is 7.11 Å². The normalized spacial score (nSPS) is 11.4. The van der Waals surface area contributed by atoms with E-state index in [9.17, 15) is 18.0 Å². The van der Waals surface area contributed by atoms with Gasteiger partial charge >= 0.3 is 12.1 Å². The number of hydrogen-bond donors (Lipinski definition) is 1. The summed E-state index contributed by atoms with van der Waals surface area (Å²) in [4.78, 5) is 16.3. The first kappa shape index (κ1) is 23.6. The van der Waals surface area contributed by atoms with Gasteiger partial charge in [0.2, 0.25) is 0 Å². The van der Waals surface area contributed by atoms with Gasteiger partial charge in [-0.05, 0) is 36.6 Å². The number of carbonyl (C=O) groups is 1. The summed E-state index contributed by atoms with van der Waals surface area (Å²) in [6.45, 7) is 2.20. The van der Waals surface area contributed by atoms with E-state index in [0.29, 0.717) is 34.9 Å². The molecule has 1 aromatic heterocycles. The van der Waals surface area contributed by atoms with Crippen LogP contribution in [0.5, 0.6) is 11.5 Å². The van der Waals surface area contributed by atoms with Gasteiger partial charge in [0, 0.05) is 18.1 Å². The summed E-state index contributed by atoms with van der Waals surface area (Å²) in [7, 11) is 1.51. The molecule has 0 aliphatic carbocycles. The third-order valence-electron chi connectivity index (χ3n) is 4.81. The van der Waals surface area contributed by atoms with Crippen molar-refractivity contribution in [3.63, 3.8) is 0 Å². The lowest BCUT2D eigenvalue weighted by atomic mass is 10.1. The second-order valence-electron chi connectivity index (χ2n) is 6.97. The van der Waals surface area contributed by atoms with Gasteiger partial charge < -0.3 is 14.6 Å². The molecule has 0 amide bonds. The molecule has 5 nitrogen and oxygen atoms in total. The number of aryl methyl sites for hydroxylation is 2. The Hall–Kier alpha value is -3.07. The van der Waals surface area contributed by atoms with Crippen LogP contribution in [0.4, 0.5) is 13.2 Å². The smallest absolute Gasteiger partial charge is 0.416 e. The Morgan fingerprint density at radius 2 is 1.88 bits per heavy atom. The van der Waals surface area contributed by atoms with E-state index in [2.05, 4.69) is 4.98 Å². The first-order chi connectivity index (χ1) is 15.2. The van der Waals surface area contributed by atoms with Crippen molar-refractivity contribution >= 4 is 17.3 Å². The molecule has 0 bridgehead atoms. The Bertz CT molecular complexity index is 1080. The van der Waals surface area contributed by atoms with Crippen LogP contribution >= 0.6 is 11.3 Å². The summed E-state index contributed by atoms with van der Waals surface area (Å²) in [6.07, 6.45) is -3.36. The number of halogens is 3. The molecular formula is C23H22F3NO4S. The number of hydrogen-bond acceptors (Lipinski definition) is 5. The molecule has 3 rings (SSSR count). The fourth-order valence-corrected chi connectivity index (χ4v) is 4.18. The van der Waals surface area contributed by atoms with Crippen LogP contribution in [-0.4, -0.2) is 23.2 Å². The quantitative estimate of drug-likeness (QED) is 0.420. The zero-order valence-corrected chi connectivity index (χ0v) is 18.3. The highest BCUT2D eigenvalue weighted by Gasteiger charge is 2.30. The molecule has 0 atom stereocenters. The van der Waals surface area contributed by atoms with Crippen LogP contribution in [-0.2, 0) is 30.4 Å². The number of carboxylic acid groups (broad SMARTS) is 1. The van der Waals surface area contributed by atoms with Crippen molar-refractivity contribution in [1.29, 1.82) is 0 Å². The van der Waals surface area contributed by atoms with Gasteiger partial charge in [-0.2, -0.15) is 13.2 Å². The van der Waals surface area contributed by atoms with E-state index < -0.39 is 17.7 Å². The molecule has 0 saturated carbocycles. The molecule has 9 heteroatoms. The Morgan fingerprint density at radius 1 is 1.16 bits per heavy atom. The Labute approximate surface area is 187 Å². The van der Waals surface area contributed by atoms with E-state index in [1.165, 1.54) is 30.6 Å². The number of benzene rings is 2. The largest absolute Gasteiger partial charge is 0.496 e. The molecular weight excluding hydrogens is 443 g/mol. The topological polar surface area (TPSA) is 68.7 Å². The molecule has 1 heterocycles. The van der Waals surface area contributed by atoms with Crippen LogP contribution < -0.4 is 9.47 Å². The lowest BCUT2D eigenvalue weighted by Gasteiger charge is -2.11. The van der Waals surface area contributed by atoms with Crippen LogP contribution in [0, 0.1) is 0 Å². The monoisotopic (exact) mass is 465 g/mol. The summed E-state index contributed by atoms with van der Waals surface area (Å²) in [6, 6.07) is 10.2. The zero-order valence-electron chi connectivity index (χ0n) is 17.5. The first-order valence-corrected chi connectivity index (χ1v) is 10.7. The van der Waals surface area contributed by atoms with Gasteiger partial charge in [-0.25, -0.2) is 4.98 Å². The maximum absolute atomic E-state index is 12.8. The Morgan fingerprint density at radius 3 is 2.47 bits per heavy atom. The minimum absolute atomic E-state index is 0.00398. The van der Waals surface area contributed by atoms with Gasteiger partial charge in [-0.1, -0.05) is 25.1 Å². The lowest BCUT2D eigenvalue weighted by molar-refractivity contribution is -0.138. The molecule has 0 saturated heterocycles. The predicted octanol–water partition coefficient (Wildman–Crippen LogP) is 6.00. The third-order valence-corrected chi connectivity index (χ3v) is 5.93. The fourth-order valence-electron chi connectivity index (χ4n) is 3.11. The SMILES string of the molecule is CCc1nc(-c2ccc(C(F)(F)F)cc2)sc1COc1ccc(CCC(=O)O)c(OC)c1. The van der Waals surface area contributed by atoms with Crippen molar-refractivity contribution in [3.8, 4) is 22.1 Å². The van der Waals surface area contributed by atoms with E-state index in [0.717, 1.165) is 28.3 Å². The van der Waals surface area contributed by atoms with Gasteiger partial charge in [0.05, 0.1) is 23.2 Å². The number of alkyl halides is 3. The molecule has 0 unspecified atom stereocenters. The average Bonchev–Trinajstić information content (AvgIpc) is 3.19. The maximum Gasteiger partial charge on any atom is 0.416 e. The average molecular weight is 465 g/mol. The molecule has 3 aromatic rings. The minimum Gasteiger partial charge on any atom is -0.496 e. The van der Waals surface area contributed by atoms with E-state index in [4.69, 9.17) is 14.6 Å². The summed E-state index contributed by atoms with van der Waals surface area (Å²) in [5, 5.41) is 9.50.